The first-order valence-corrected chi connectivity index (χ1v) is 17.0. The Morgan fingerprint density at radius 1 is 0.953 bits per heavy atom. The van der Waals surface area contributed by atoms with Gasteiger partial charge in [0, 0.05) is 17.0 Å². The number of aryl methyl sites for hydroxylation is 1. The number of carbonyl (C=O) groups is 1. The molecular formula is C36H43N3O3S. The van der Waals surface area contributed by atoms with Gasteiger partial charge in [-0.2, -0.15) is 9.78 Å². The number of hydrogen-bond donors (Lipinski definition) is 1. The van der Waals surface area contributed by atoms with Gasteiger partial charge in [0.05, 0.1) is 28.2 Å². The lowest BCUT2D eigenvalue weighted by atomic mass is 9.75. The molecule has 6 nitrogen and oxygen atoms in total. The summed E-state index contributed by atoms with van der Waals surface area (Å²) in [7, 11) is -3.93. The van der Waals surface area contributed by atoms with Crippen LogP contribution in [0.2, 0.25) is 0 Å². The maximum atomic E-state index is 14.9. The van der Waals surface area contributed by atoms with Gasteiger partial charge < -0.3 is 0 Å². The highest BCUT2D eigenvalue weighted by Crippen LogP contribution is 2.46. The summed E-state index contributed by atoms with van der Waals surface area (Å²) in [5.74, 6) is 0.0429. The van der Waals surface area contributed by atoms with Crippen molar-refractivity contribution in [2.45, 2.75) is 83.1 Å². The van der Waals surface area contributed by atoms with Crippen molar-refractivity contribution in [1.82, 2.24) is 14.5 Å². The standard InChI is InChI=1S/C36H43N3O3S/c1-6-13-31(33(27-14-9-7-10-15-27)38-43(41,42)29-21-18-25(4)19-22-29)36(40)39-35(28-16-11-8-12-17-28)32-26(5)20-23-30(24(2)3)34(32)37-39/h7-12,14-19,21-22,24,26,30-31,33,38H,6,13,20,23H2,1-5H3/t26-,30+,31+,33+/m1/s1. The van der Waals surface area contributed by atoms with Crippen molar-refractivity contribution in [2.24, 2.45) is 11.8 Å². The molecular weight excluding hydrogens is 554 g/mol. The Balaban J connectivity index is 1.66. The molecule has 0 amide bonds. The molecule has 0 spiro atoms. The molecule has 1 aliphatic rings. The maximum Gasteiger partial charge on any atom is 0.252 e. The molecule has 4 aromatic rings. The van der Waals surface area contributed by atoms with Crippen LogP contribution in [0.25, 0.3) is 11.3 Å². The molecule has 1 aromatic heterocycles. The number of aromatic nitrogens is 2. The van der Waals surface area contributed by atoms with Gasteiger partial charge in [-0.1, -0.05) is 112 Å². The second-order valence-electron chi connectivity index (χ2n) is 12.3. The number of fused-ring (bicyclic) bond motifs is 1. The molecule has 0 saturated carbocycles. The lowest BCUT2D eigenvalue weighted by Crippen LogP contribution is -2.39. The van der Waals surface area contributed by atoms with E-state index >= 15 is 0 Å². The van der Waals surface area contributed by atoms with Crippen molar-refractivity contribution >= 4 is 15.9 Å². The molecule has 226 valence electrons. The topological polar surface area (TPSA) is 81.1 Å². The zero-order valence-corrected chi connectivity index (χ0v) is 26.6. The van der Waals surface area contributed by atoms with Crippen molar-refractivity contribution in [3.63, 3.8) is 0 Å². The number of benzene rings is 3. The predicted octanol–water partition coefficient (Wildman–Crippen LogP) is 8.27. The van der Waals surface area contributed by atoms with Crippen molar-refractivity contribution in [3.8, 4) is 11.3 Å². The average molecular weight is 598 g/mol. The molecule has 1 heterocycles. The smallest absolute Gasteiger partial charge is 0.252 e. The lowest BCUT2D eigenvalue weighted by molar-refractivity contribution is 0.0783. The van der Waals surface area contributed by atoms with E-state index in [4.69, 9.17) is 5.10 Å². The minimum Gasteiger partial charge on any atom is -0.272 e. The summed E-state index contributed by atoms with van der Waals surface area (Å²) in [4.78, 5) is 15.1. The van der Waals surface area contributed by atoms with Gasteiger partial charge in [0.2, 0.25) is 10.0 Å². The molecule has 0 radical (unpaired) electrons. The van der Waals surface area contributed by atoms with Crippen molar-refractivity contribution in [1.29, 1.82) is 0 Å². The van der Waals surface area contributed by atoms with E-state index in [1.54, 1.807) is 28.9 Å². The van der Waals surface area contributed by atoms with E-state index in [2.05, 4.69) is 25.5 Å². The minimum absolute atomic E-state index is 0.176. The molecule has 43 heavy (non-hydrogen) atoms. The Morgan fingerprint density at radius 3 is 2.19 bits per heavy atom. The highest BCUT2D eigenvalue weighted by atomic mass is 32.2. The molecule has 7 heteroatoms. The van der Waals surface area contributed by atoms with E-state index in [0.29, 0.717) is 18.8 Å². The van der Waals surface area contributed by atoms with Crippen LogP contribution in [0.15, 0.2) is 89.8 Å². The van der Waals surface area contributed by atoms with Gasteiger partial charge in [0.15, 0.2) is 0 Å². The van der Waals surface area contributed by atoms with E-state index in [1.165, 1.54) is 0 Å². The summed E-state index contributed by atoms with van der Waals surface area (Å²) in [6.45, 7) is 10.6. The van der Waals surface area contributed by atoms with E-state index in [0.717, 1.165) is 46.5 Å². The number of rotatable bonds is 10. The fourth-order valence-electron chi connectivity index (χ4n) is 6.50. The number of nitrogens with zero attached hydrogens (tertiary/aromatic N) is 2. The summed E-state index contributed by atoms with van der Waals surface area (Å²) in [6.07, 6.45) is 3.28. The Labute approximate surface area is 256 Å². The first-order chi connectivity index (χ1) is 20.6. The molecule has 0 aliphatic heterocycles. The van der Waals surface area contributed by atoms with E-state index in [-0.39, 0.29) is 22.6 Å². The average Bonchev–Trinajstić information content (AvgIpc) is 3.41. The van der Waals surface area contributed by atoms with Gasteiger partial charge in [0.25, 0.3) is 5.91 Å². The molecule has 0 saturated heterocycles. The molecule has 0 bridgehead atoms. The van der Waals surface area contributed by atoms with Crippen LogP contribution in [-0.2, 0) is 10.0 Å². The summed E-state index contributed by atoms with van der Waals surface area (Å²) in [5, 5.41) is 5.11. The lowest BCUT2D eigenvalue weighted by Gasteiger charge is -2.29. The zero-order valence-electron chi connectivity index (χ0n) is 25.8. The Morgan fingerprint density at radius 2 is 1.58 bits per heavy atom. The number of sulfonamides is 1. The molecule has 0 fully saturated rings. The fourth-order valence-corrected chi connectivity index (χ4v) is 7.76. The van der Waals surface area contributed by atoms with E-state index in [9.17, 15) is 13.2 Å². The van der Waals surface area contributed by atoms with Gasteiger partial charge >= 0.3 is 0 Å². The SMILES string of the molecule is CCC[C@H](C(=O)n1nc2c(c1-c1ccccc1)[C@H](C)CC[C@H]2C(C)C)[C@@H](NS(=O)(=O)c1ccc(C)cc1)c1ccccc1. The molecule has 0 unspecified atom stereocenters. The summed E-state index contributed by atoms with van der Waals surface area (Å²) in [5.41, 5.74) is 5.67. The maximum absolute atomic E-state index is 14.9. The largest absolute Gasteiger partial charge is 0.272 e. The van der Waals surface area contributed by atoms with Crippen LogP contribution in [-0.4, -0.2) is 24.1 Å². The summed E-state index contributed by atoms with van der Waals surface area (Å²) in [6, 6.07) is 25.5. The second kappa shape index (κ2) is 13.0. The van der Waals surface area contributed by atoms with Crippen LogP contribution in [0.5, 0.6) is 0 Å². The minimum atomic E-state index is -3.93. The molecule has 1 N–H and O–H groups in total. The monoisotopic (exact) mass is 597 g/mol. The van der Waals surface area contributed by atoms with Gasteiger partial charge in [0.1, 0.15) is 0 Å². The quantitative estimate of drug-likeness (QED) is 0.199. The Kier molecular flexibility index (Phi) is 9.33. The molecule has 4 atom stereocenters. The third-order valence-corrected chi connectivity index (χ3v) is 10.3. The van der Waals surface area contributed by atoms with Gasteiger partial charge in [-0.05, 0) is 55.7 Å². The molecule has 3 aromatic carbocycles. The second-order valence-corrected chi connectivity index (χ2v) is 14.0. The number of nitrogens with one attached hydrogen (secondary N) is 1. The van der Waals surface area contributed by atoms with Crippen molar-refractivity contribution < 1.29 is 13.2 Å². The van der Waals surface area contributed by atoms with Crippen LogP contribution in [0.3, 0.4) is 0 Å². The Bertz CT molecular complexity index is 1650. The first kappa shape index (κ1) is 30.9. The number of hydrogen-bond acceptors (Lipinski definition) is 4. The zero-order chi connectivity index (χ0) is 30.7. The van der Waals surface area contributed by atoms with E-state index in [1.807, 2.05) is 74.5 Å². The van der Waals surface area contributed by atoms with Gasteiger partial charge in [-0.25, -0.2) is 13.1 Å². The normalized spacial score (nSPS) is 18.3. The van der Waals surface area contributed by atoms with Crippen LogP contribution < -0.4 is 4.72 Å². The third kappa shape index (κ3) is 6.38. The predicted molar refractivity (Wildman–Crippen MR) is 173 cm³/mol. The fraction of sp³-hybridized carbons (Fsp3) is 0.389. The van der Waals surface area contributed by atoms with Gasteiger partial charge in [-0.15, -0.1) is 0 Å². The third-order valence-electron chi connectivity index (χ3n) is 8.86. The van der Waals surface area contributed by atoms with Crippen LogP contribution in [0.1, 0.15) is 98.4 Å². The highest BCUT2D eigenvalue weighted by molar-refractivity contribution is 7.89. The van der Waals surface area contributed by atoms with Crippen LogP contribution in [0, 0.1) is 18.8 Å². The van der Waals surface area contributed by atoms with Crippen LogP contribution >= 0.6 is 0 Å². The summed E-state index contributed by atoms with van der Waals surface area (Å²) >= 11 is 0. The van der Waals surface area contributed by atoms with Crippen molar-refractivity contribution in [2.75, 3.05) is 0 Å². The first-order valence-electron chi connectivity index (χ1n) is 15.5. The van der Waals surface area contributed by atoms with Gasteiger partial charge in [-0.3, -0.25) is 4.79 Å². The van der Waals surface area contributed by atoms with E-state index < -0.39 is 22.0 Å². The highest BCUT2D eigenvalue weighted by Gasteiger charge is 2.39. The molecule has 1 aliphatic carbocycles. The molecule has 5 rings (SSSR count). The number of carbonyl (C=O) groups excluding carboxylic acids is 1. The Hall–Kier alpha value is -3.55. The van der Waals surface area contributed by atoms with Crippen molar-refractivity contribution in [3.05, 3.63) is 107 Å². The summed E-state index contributed by atoms with van der Waals surface area (Å²) < 4.78 is 32.1. The van der Waals surface area contributed by atoms with Crippen LogP contribution in [0.4, 0.5) is 0 Å².